The minimum absolute atomic E-state index is 0.241. The zero-order valence-electron chi connectivity index (χ0n) is 11.9. The molecule has 0 amide bonds. The first kappa shape index (κ1) is 14.3. The number of halogens is 1. The molecule has 0 spiro atoms. The van der Waals surface area contributed by atoms with Gasteiger partial charge in [-0.25, -0.2) is 4.39 Å². The third kappa shape index (κ3) is 3.91. The lowest BCUT2D eigenvalue weighted by Gasteiger charge is -2.30. The summed E-state index contributed by atoms with van der Waals surface area (Å²) < 4.78 is 13.4. The number of likely N-dealkylation sites (N-methyl/N-ethyl adjacent to an activating group) is 1. The molecule has 1 aliphatic heterocycles. The zero-order valence-corrected chi connectivity index (χ0v) is 11.9. The standard InChI is InChI=1S/C15H24FN3/c1-3-15-11-18(2)5-4-6-19(15)10-12-7-13(16)9-14(17)8-12/h7-9,15H,3-6,10-11,17H2,1-2H3. The Bertz CT molecular complexity index is 402. The minimum Gasteiger partial charge on any atom is -0.399 e. The number of nitrogens with two attached hydrogens (primary N) is 1. The lowest BCUT2D eigenvalue weighted by Crippen LogP contribution is -2.39. The predicted octanol–water partition coefficient (Wildman–Crippen LogP) is 2.32. The smallest absolute Gasteiger partial charge is 0.125 e. The van der Waals surface area contributed by atoms with Gasteiger partial charge in [-0.15, -0.1) is 0 Å². The maximum atomic E-state index is 13.4. The van der Waals surface area contributed by atoms with Gasteiger partial charge in [0.05, 0.1) is 0 Å². The summed E-state index contributed by atoms with van der Waals surface area (Å²) in [5.74, 6) is -0.241. The molecule has 1 aromatic carbocycles. The second-order valence-corrected chi connectivity index (χ2v) is 5.54. The largest absolute Gasteiger partial charge is 0.399 e. The third-order valence-corrected chi connectivity index (χ3v) is 3.86. The van der Waals surface area contributed by atoms with E-state index in [2.05, 4.69) is 23.8 Å². The van der Waals surface area contributed by atoms with Crippen LogP contribution in [-0.4, -0.2) is 42.5 Å². The molecule has 1 unspecified atom stereocenters. The molecule has 1 aliphatic rings. The summed E-state index contributed by atoms with van der Waals surface area (Å²) in [5.41, 5.74) is 7.20. The van der Waals surface area contributed by atoms with E-state index in [0.717, 1.165) is 44.6 Å². The van der Waals surface area contributed by atoms with Crippen molar-refractivity contribution in [3.05, 3.63) is 29.6 Å². The van der Waals surface area contributed by atoms with Gasteiger partial charge >= 0.3 is 0 Å². The van der Waals surface area contributed by atoms with Gasteiger partial charge in [0.1, 0.15) is 5.82 Å². The summed E-state index contributed by atoms with van der Waals surface area (Å²) in [5, 5.41) is 0. The molecule has 1 saturated heterocycles. The molecule has 1 atom stereocenters. The van der Waals surface area contributed by atoms with E-state index in [1.165, 1.54) is 6.07 Å². The van der Waals surface area contributed by atoms with E-state index >= 15 is 0 Å². The van der Waals surface area contributed by atoms with Crippen molar-refractivity contribution in [1.82, 2.24) is 9.80 Å². The molecule has 1 heterocycles. The van der Waals surface area contributed by atoms with E-state index in [9.17, 15) is 4.39 Å². The molecule has 0 aliphatic carbocycles. The number of anilines is 1. The molecule has 4 heteroatoms. The van der Waals surface area contributed by atoms with E-state index in [1.54, 1.807) is 6.07 Å². The summed E-state index contributed by atoms with van der Waals surface area (Å²) in [6.07, 6.45) is 2.28. The van der Waals surface area contributed by atoms with Crippen molar-refractivity contribution in [2.45, 2.75) is 32.4 Å². The molecule has 1 fully saturated rings. The molecule has 0 bridgehead atoms. The van der Waals surface area contributed by atoms with Crippen LogP contribution < -0.4 is 5.73 Å². The SMILES string of the molecule is CCC1CN(C)CCCN1Cc1cc(N)cc(F)c1. The monoisotopic (exact) mass is 265 g/mol. The van der Waals surface area contributed by atoms with Gasteiger partial charge in [0.15, 0.2) is 0 Å². The lowest BCUT2D eigenvalue weighted by atomic mass is 10.1. The molecular formula is C15H24FN3. The van der Waals surface area contributed by atoms with E-state index < -0.39 is 0 Å². The molecule has 0 radical (unpaired) electrons. The summed E-state index contributed by atoms with van der Waals surface area (Å²) in [6.45, 7) is 6.30. The highest BCUT2D eigenvalue weighted by Crippen LogP contribution is 2.18. The van der Waals surface area contributed by atoms with Gasteiger partial charge in [-0.3, -0.25) is 4.90 Å². The van der Waals surface area contributed by atoms with Crippen LogP contribution in [0.4, 0.5) is 10.1 Å². The number of nitrogen functional groups attached to an aromatic ring is 1. The van der Waals surface area contributed by atoms with Crippen molar-refractivity contribution < 1.29 is 4.39 Å². The first-order valence-electron chi connectivity index (χ1n) is 7.06. The Balaban J connectivity index is 2.10. The van der Waals surface area contributed by atoms with Crippen molar-refractivity contribution in [1.29, 1.82) is 0 Å². The Morgan fingerprint density at radius 2 is 2.11 bits per heavy atom. The summed E-state index contributed by atoms with van der Waals surface area (Å²) in [6, 6.07) is 5.39. The van der Waals surface area contributed by atoms with E-state index in [-0.39, 0.29) is 5.82 Å². The van der Waals surface area contributed by atoms with Crippen LogP contribution in [0.5, 0.6) is 0 Å². The first-order chi connectivity index (χ1) is 9.08. The van der Waals surface area contributed by atoms with Crippen LogP contribution in [0, 0.1) is 5.82 Å². The van der Waals surface area contributed by atoms with Crippen LogP contribution in [0.3, 0.4) is 0 Å². The Morgan fingerprint density at radius 1 is 1.32 bits per heavy atom. The number of rotatable bonds is 3. The fraction of sp³-hybridized carbons (Fsp3) is 0.600. The normalized spacial score (nSPS) is 22.4. The fourth-order valence-electron chi connectivity index (χ4n) is 2.89. The van der Waals surface area contributed by atoms with Crippen molar-refractivity contribution in [3.8, 4) is 0 Å². The second kappa shape index (κ2) is 6.35. The topological polar surface area (TPSA) is 32.5 Å². The molecule has 19 heavy (non-hydrogen) atoms. The van der Waals surface area contributed by atoms with Crippen molar-refractivity contribution in [2.24, 2.45) is 0 Å². The zero-order chi connectivity index (χ0) is 13.8. The molecule has 3 nitrogen and oxygen atoms in total. The predicted molar refractivity (Wildman–Crippen MR) is 77.4 cm³/mol. The minimum atomic E-state index is -0.241. The van der Waals surface area contributed by atoms with Crippen molar-refractivity contribution in [3.63, 3.8) is 0 Å². The lowest BCUT2D eigenvalue weighted by molar-refractivity contribution is 0.176. The maximum Gasteiger partial charge on any atom is 0.125 e. The van der Waals surface area contributed by atoms with E-state index in [4.69, 9.17) is 5.73 Å². The quantitative estimate of drug-likeness (QED) is 0.851. The van der Waals surface area contributed by atoms with E-state index in [0.29, 0.717) is 11.7 Å². The Hall–Kier alpha value is -1.13. The van der Waals surface area contributed by atoms with Crippen LogP contribution in [0.25, 0.3) is 0 Å². The Kier molecular flexibility index (Phi) is 4.77. The third-order valence-electron chi connectivity index (χ3n) is 3.86. The number of benzene rings is 1. The van der Waals surface area contributed by atoms with Gasteiger partial charge in [0.25, 0.3) is 0 Å². The number of hydrogen-bond donors (Lipinski definition) is 1. The van der Waals surface area contributed by atoms with E-state index in [1.807, 2.05) is 6.07 Å². The summed E-state index contributed by atoms with van der Waals surface area (Å²) in [4.78, 5) is 4.84. The molecule has 1 aromatic rings. The van der Waals surface area contributed by atoms with Crippen LogP contribution in [0.2, 0.25) is 0 Å². The highest BCUT2D eigenvalue weighted by atomic mass is 19.1. The van der Waals surface area contributed by atoms with Gasteiger partial charge in [0, 0.05) is 31.4 Å². The molecule has 2 rings (SSSR count). The van der Waals surface area contributed by atoms with Gasteiger partial charge in [-0.1, -0.05) is 6.92 Å². The molecule has 0 saturated carbocycles. The summed E-state index contributed by atoms with van der Waals surface area (Å²) in [7, 11) is 2.17. The van der Waals surface area contributed by atoms with Crippen LogP contribution in [0.1, 0.15) is 25.3 Å². The van der Waals surface area contributed by atoms with Crippen molar-refractivity contribution >= 4 is 5.69 Å². The highest BCUT2D eigenvalue weighted by Gasteiger charge is 2.22. The molecule has 106 valence electrons. The van der Waals surface area contributed by atoms with Gasteiger partial charge in [0.2, 0.25) is 0 Å². The Labute approximate surface area is 115 Å². The van der Waals surface area contributed by atoms with Gasteiger partial charge < -0.3 is 10.6 Å². The summed E-state index contributed by atoms with van der Waals surface area (Å²) >= 11 is 0. The Morgan fingerprint density at radius 3 is 2.79 bits per heavy atom. The first-order valence-corrected chi connectivity index (χ1v) is 7.06. The molecule has 2 N–H and O–H groups in total. The van der Waals surface area contributed by atoms with Gasteiger partial charge in [-0.2, -0.15) is 0 Å². The van der Waals surface area contributed by atoms with Gasteiger partial charge in [-0.05, 0) is 50.2 Å². The second-order valence-electron chi connectivity index (χ2n) is 5.54. The highest BCUT2D eigenvalue weighted by molar-refractivity contribution is 5.41. The van der Waals surface area contributed by atoms with Crippen LogP contribution >= 0.6 is 0 Å². The number of nitrogens with zero attached hydrogens (tertiary/aromatic N) is 2. The average molecular weight is 265 g/mol. The molecular weight excluding hydrogens is 241 g/mol. The van der Waals surface area contributed by atoms with Crippen LogP contribution in [-0.2, 0) is 6.54 Å². The van der Waals surface area contributed by atoms with Crippen molar-refractivity contribution in [2.75, 3.05) is 32.4 Å². The average Bonchev–Trinajstić information content (AvgIpc) is 2.50. The fourth-order valence-corrected chi connectivity index (χ4v) is 2.89. The molecule has 0 aromatic heterocycles. The van der Waals surface area contributed by atoms with Crippen LogP contribution in [0.15, 0.2) is 18.2 Å². The maximum absolute atomic E-state index is 13.4. The number of hydrogen-bond acceptors (Lipinski definition) is 3.